The average Bonchev–Trinajstić information content (AvgIpc) is 2.79. The van der Waals surface area contributed by atoms with Gasteiger partial charge >= 0.3 is 0 Å². The molecule has 0 aliphatic heterocycles. The molecule has 1 aromatic carbocycles. The first-order valence-electron chi connectivity index (χ1n) is 6.45. The number of hydrogen-bond donors (Lipinski definition) is 0. The van der Waals surface area contributed by atoms with Crippen LogP contribution in [0.5, 0.6) is 0 Å². The fourth-order valence-corrected chi connectivity index (χ4v) is 3.15. The summed E-state index contributed by atoms with van der Waals surface area (Å²) < 4.78 is 4.03. The van der Waals surface area contributed by atoms with Crippen LogP contribution in [0.4, 0.5) is 0 Å². The van der Waals surface area contributed by atoms with Crippen LogP contribution in [0.3, 0.4) is 0 Å². The zero-order chi connectivity index (χ0) is 15.0. The number of aryl methyl sites for hydroxylation is 2. The van der Waals surface area contributed by atoms with Gasteiger partial charge in [-0.3, -0.25) is 4.57 Å². The summed E-state index contributed by atoms with van der Waals surface area (Å²) in [5, 5.41) is 0. The lowest BCUT2D eigenvalue weighted by molar-refractivity contribution is 0.899. The maximum absolute atomic E-state index is 5.93. The Labute approximate surface area is 144 Å². The Morgan fingerprint density at radius 3 is 2.76 bits per heavy atom. The van der Waals surface area contributed by atoms with E-state index in [1.54, 1.807) is 6.20 Å². The van der Waals surface area contributed by atoms with Gasteiger partial charge in [0.05, 0.1) is 5.69 Å². The van der Waals surface area contributed by atoms with Crippen LogP contribution >= 0.6 is 43.5 Å². The van der Waals surface area contributed by atoms with E-state index >= 15 is 0 Å². The van der Waals surface area contributed by atoms with Crippen molar-refractivity contribution in [3.8, 4) is 5.69 Å². The summed E-state index contributed by atoms with van der Waals surface area (Å²) >= 11 is 12.9. The second-order valence-electron chi connectivity index (χ2n) is 4.73. The molecule has 21 heavy (non-hydrogen) atoms. The first kappa shape index (κ1) is 15.0. The number of nitrogens with zero attached hydrogens (tertiary/aromatic N) is 3. The molecule has 6 heteroatoms. The first-order valence-corrected chi connectivity index (χ1v) is 8.57. The number of halogens is 3. The lowest BCUT2D eigenvalue weighted by atomic mass is 10.2. The Morgan fingerprint density at radius 2 is 2.00 bits per heavy atom. The van der Waals surface area contributed by atoms with Crippen LogP contribution in [-0.4, -0.2) is 20.4 Å². The molecule has 0 saturated heterocycles. The molecule has 0 unspecified atom stereocenters. The highest BCUT2D eigenvalue weighted by Crippen LogP contribution is 2.27. The predicted molar refractivity (Wildman–Crippen MR) is 93.4 cm³/mol. The van der Waals surface area contributed by atoms with Gasteiger partial charge in [0, 0.05) is 27.4 Å². The number of aromatic nitrogens is 3. The van der Waals surface area contributed by atoms with Crippen molar-refractivity contribution >= 4 is 54.6 Å². The van der Waals surface area contributed by atoms with Gasteiger partial charge in [-0.1, -0.05) is 22.0 Å². The Kier molecular flexibility index (Phi) is 4.33. The number of hydrogen-bond acceptors (Lipinski definition) is 2. The summed E-state index contributed by atoms with van der Waals surface area (Å²) in [6, 6.07) is 8.17. The summed E-state index contributed by atoms with van der Waals surface area (Å²) in [6.07, 6.45) is 2.49. The first-order chi connectivity index (χ1) is 10.1. The van der Waals surface area contributed by atoms with Gasteiger partial charge in [0.2, 0.25) is 0 Å². The molecule has 3 aromatic rings. The molecule has 0 aliphatic rings. The van der Waals surface area contributed by atoms with E-state index in [1.807, 2.05) is 12.1 Å². The van der Waals surface area contributed by atoms with Gasteiger partial charge < -0.3 is 0 Å². The lowest BCUT2D eigenvalue weighted by Crippen LogP contribution is -2.04. The predicted octanol–water partition coefficient (Wildman–Crippen LogP) is 5.04. The second-order valence-corrected chi connectivity index (χ2v) is 6.94. The van der Waals surface area contributed by atoms with Crippen molar-refractivity contribution < 1.29 is 0 Å². The minimum absolute atomic E-state index is 0.525. The van der Waals surface area contributed by atoms with E-state index in [2.05, 4.69) is 65.5 Å². The minimum atomic E-state index is 0.525. The van der Waals surface area contributed by atoms with Crippen LogP contribution in [0.15, 0.2) is 39.4 Å². The second kappa shape index (κ2) is 6.07. The molecular weight excluding hydrogens is 417 g/mol. The monoisotopic (exact) mass is 427 g/mol. The van der Waals surface area contributed by atoms with Crippen molar-refractivity contribution in [2.75, 3.05) is 5.88 Å². The van der Waals surface area contributed by atoms with Crippen LogP contribution in [0.2, 0.25) is 0 Å². The summed E-state index contributed by atoms with van der Waals surface area (Å²) in [7, 11) is 0. The lowest BCUT2D eigenvalue weighted by Gasteiger charge is -2.11. The number of fused-ring (bicyclic) bond motifs is 1. The summed E-state index contributed by atoms with van der Waals surface area (Å²) in [5.41, 5.74) is 3.95. The van der Waals surface area contributed by atoms with E-state index in [0.29, 0.717) is 12.3 Å². The fourth-order valence-electron chi connectivity index (χ4n) is 2.32. The summed E-state index contributed by atoms with van der Waals surface area (Å²) in [6.45, 7) is 2.08. The summed E-state index contributed by atoms with van der Waals surface area (Å²) in [4.78, 5) is 9.21. The molecule has 0 fully saturated rings. The van der Waals surface area contributed by atoms with E-state index in [1.165, 1.54) is 0 Å². The topological polar surface area (TPSA) is 30.7 Å². The van der Waals surface area contributed by atoms with Gasteiger partial charge in [-0.05, 0) is 46.6 Å². The van der Waals surface area contributed by atoms with Gasteiger partial charge in [-0.15, -0.1) is 11.6 Å². The Balaban J connectivity index is 2.33. The van der Waals surface area contributed by atoms with Gasteiger partial charge in [-0.25, -0.2) is 9.97 Å². The number of pyridine rings is 1. The molecule has 0 atom stereocenters. The fraction of sp³-hybridized carbons (Fsp3) is 0.200. The van der Waals surface area contributed by atoms with Crippen molar-refractivity contribution in [1.29, 1.82) is 0 Å². The standard InChI is InChI=1S/C15H12Br2ClN3/c1-9-2-3-10(16)7-13(9)21-14(4-5-18)20-12-6-11(17)8-19-15(12)21/h2-3,6-8H,4-5H2,1H3. The normalized spacial score (nSPS) is 11.2. The van der Waals surface area contributed by atoms with E-state index in [9.17, 15) is 0 Å². The van der Waals surface area contributed by atoms with E-state index < -0.39 is 0 Å². The molecule has 2 aromatic heterocycles. The van der Waals surface area contributed by atoms with Gasteiger partial charge in [-0.2, -0.15) is 0 Å². The van der Waals surface area contributed by atoms with Gasteiger partial charge in [0.1, 0.15) is 11.3 Å². The molecule has 0 spiro atoms. The minimum Gasteiger partial charge on any atom is -0.280 e. The van der Waals surface area contributed by atoms with Crippen LogP contribution < -0.4 is 0 Å². The van der Waals surface area contributed by atoms with Crippen LogP contribution in [0.25, 0.3) is 16.9 Å². The number of alkyl halides is 1. The molecule has 0 bridgehead atoms. The Bertz CT molecular complexity index is 814. The molecular formula is C15H12Br2ClN3. The molecule has 3 nitrogen and oxygen atoms in total. The highest BCUT2D eigenvalue weighted by atomic mass is 79.9. The third-order valence-electron chi connectivity index (χ3n) is 3.26. The van der Waals surface area contributed by atoms with Crippen molar-refractivity contribution in [2.45, 2.75) is 13.3 Å². The zero-order valence-corrected chi connectivity index (χ0v) is 15.2. The van der Waals surface area contributed by atoms with E-state index in [0.717, 1.165) is 37.2 Å². The van der Waals surface area contributed by atoms with Crippen LogP contribution in [0, 0.1) is 6.92 Å². The molecule has 0 N–H and O–H groups in total. The third-order valence-corrected chi connectivity index (χ3v) is 4.38. The molecule has 108 valence electrons. The highest BCUT2D eigenvalue weighted by molar-refractivity contribution is 9.10. The largest absolute Gasteiger partial charge is 0.280 e. The zero-order valence-electron chi connectivity index (χ0n) is 11.3. The Hall–Kier alpha value is -0.910. The Morgan fingerprint density at radius 1 is 1.19 bits per heavy atom. The maximum atomic E-state index is 5.93. The smallest absolute Gasteiger partial charge is 0.164 e. The van der Waals surface area contributed by atoms with Crippen LogP contribution in [0.1, 0.15) is 11.4 Å². The average molecular weight is 430 g/mol. The molecule has 2 heterocycles. The third kappa shape index (κ3) is 2.87. The maximum Gasteiger partial charge on any atom is 0.164 e. The van der Waals surface area contributed by atoms with Gasteiger partial charge in [0.15, 0.2) is 5.65 Å². The summed E-state index contributed by atoms with van der Waals surface area (Å²) in [5.74, 6) is 1.45. The van der Waals surface area contributed by atoms with Gasteiger partial charge in [0.25, 0.3) is 0 Å². The number of imidazole rings is 1. The van der Waals surface area contributed by atoms with Crippen molar-refractivity contribution in [2.24, 2.45) is 0 Å². The van der Waals surface area contributed by atoms with E-state index in [-0.39, 0.29) is 0 Å². The quantitative estimate of drug-likeness (QED) is 0.547. The van der Waals surface area contributed by atoms with Crippen molar-refractivity contribution in [1.82, 2.24) is 14.5 Å². The number of benzene rings is 1. The van der Waals surface area contributed by atoms with E-state index in [4.69, 9.17) is 11.6 Å². The number of rotatable bonds is 3. The molecule has 0 radical (unpaired) electrons. The molecule has 0 amide bonds. The van der Waals surface area contributed by atoms with Crippen LogP contribution in [-0.2, 0) is 6.42 Å². The van der Waals surface area contributed by atoms with Crippen molar-refractivity contribution in [3.63, 3.8) is 0 Å². The highest BCUT2D eigenvalue weighted by Gasteiger charge is 2.15. The van der Waals surface area contributed by atoms with Crippen molar-refractivity contribution in [3.05, 3.63) is 50.8 Å². The molecule has 3 rings (SSSR count). The SMILES string of the molecule is Cc1ccc(Br)cc1-n1c(CCCl)nc2cc(Br)cnc21. The molecule has 0 saturated carbocycles. The molecule has 0 aliphatic carbocycles.